The van der Waals surface area contributed by atoms with E-state index in [1.807, 2.05) is 25.7 Å². The third kappa shape index (κ3) is 5.57. The van der Waals surface area contributed by atoms with Gasteiger partial charge in [-0.15, -0.1) is 6.58 Å². The molecular weight excluding hydrogens is 188 g/mol. The van der Waals surface area contributed by atoms with Crippen LogP contribution in [0.1, 0.15) is 40.0 Å². The number of hydrogen-bond donors (Lipinski definition) is 1. The highest BCUT2D eigenvalue weighted by atomic mass is 16.2. The van der Waals surface area contributed by atoms with Crippen molar-refractivity contribution in [3.05, 3.63) is 12.7 Å². The Morgan fingerprint density at radius 2 is 2.00 bits per heavy atom. The van der Waals surface area contributed by atoms with Crippen LogP contribution < -0.4 is 5.73 Å². The molecule has 0 saturated heterocycles. The maximum atomic E-state index is 11.9. The molecule has 0 bridgehead atoms. The number of hydrogen-bond acceptors (Lipinski definition) is 2. The summed E-state index contributed by atoms with van der Waals surface area (Å²) in [5, 5.41) is 0. The SMILES string of the molecule is C=CCN(C(=O)CCCCN)C(C)(C)C. The van der Waals surface area contributed by atoms with Crippen LogP contribution in [0.15, 0.2) is 12.7 Å². The lowest BCUT2D eigenvalue weighted by Gasteiger charge is -2.35. The van der Waals surface area contributed by atoms with E-state index < -0.39 is 0 Å². The van der Waals surface area contributed by atoms with Gasteiger partial charge in [-0.05, 0) is 40.2 Å². The van der Waals surface area contributed by atoms with Gasteiger partial charge in [-0.1, -0.05) is 6.08 Å². The van der Waals surface area contributed by atoms with Crippen molar-refractivity contribution in [1.29, 1.82) is 0 Å². The third-order valence-corrected chi connectivity index (χ3v) is 2.27. The van der Waals surface area contributed by atoms with E-state index in [9.17, 15) is 4.79 Å². The first kappa shape index (κ1) is 14.2. The number of carbonyl (C=O) groups is 1. The molecule has 88 valence electrons. The maximum absolute atomic E-state index is 11.9. The van der Waals surface area contributed by atoms with E-state index in [0.717, 1.165) is 12.8 Å². The summed E-state index contributed by atoms with van der Waals surface area (Å²) in [6.07, 6.45) is 4.14. The Balaban J connectivity index is 4.23. The summed E-state index contributed by atoms with van der Waals surface area (Å²) in [6.45, 7) is 11.1. The highest BCUT2D eigenvalue weighted by molar-refractivity contribution is 5.77. The lowest BCUT2D eigenvalue weighted by molar-refractivity contribution is -0.135. The van der Waals surface area contributed by atoms with Gasteiger partial charge in [0.05, 0.1) is 0 Å². The van der Waals surface area contributed by atoms with Crippen molar-refractivity contribution >= 4 is 5.91 Å². The molecule has 3 heteroatoms. The van der Waals surface area contributed by atoms with Crippen molar-refractivity contribution in [2.24, 2.45) is 5.73 Å². The maximum Gasteiger partial charge on any atom is 0.223 e. The van der Waals surface area contributed by atoms with Gasteiger partial charge in [-0.25, -0.2) is 0 Å². The van der Waals surface area contributed by atoms with E-state index in [1.54, 1.807) is 6.08 Å². The van der Waals surface area contributed by atoms with Crippen molar-refractivity contribution in [2.45, 2.75) is 45.6 Å². The second kappa shape index (κ2) is 6.62. The molecule has 3 nitrogen and oxygen atoms in total. The van der Waals surface area contributed by atoms with Crippen LogP contribution in [0.5, 0.6) is 0 Å². The summed E-state index contributed by atoms with van der Waals surface area (Å²) in [5.41, 5.74) is 5.26. The lowest BCUT2D eigenvalue weighted by atomic mass is 10.0. The van der Waals surface area contributed by atoms with E-state index in [1.165, 1.54) is 0 Å². The van der Waals surface area contributed by atoms with Gasteiger partial charge < -0.3 is 10.6 Å². The highest BCUT2D eigenvalue weighted by Crippen LogP contribution is 2.15. The van der Waals surface area contributed by atoms with E-state index in [0.29, 0.717) is 19.5 Å². The zero-order chi connectivity index (χ0) is 11.9. The molecule has 0 aromatic carbocycles. The molecule has 0 aromatic heterocycles. The summed E-state index contributed by atoms with van der Waals surface area (Å²) in [4.78, 5) is 13.7. The van der Waals surface area contributed by atoms with Gasteiger partial charge in [0.25, 0.3) is 0 Å². The minimum atomic E-state index is -0.131. The number of unbranched alkanes of at least 4 members (excludes halogenated alkanes) is 1. The fourth-order valence-corrected chi connectivity index (χ4v) is 1.43. The van der Waals surface area contributed by atoms with Crippen molar-refractivity contribution in [3.63, 3.8) is 0 Å². The molecule has 15 heavy (non-hydrogen) atoms. The Morgan fingerprint density at radius 1 is 1.40 bits per heavy atom. The normalized spacial score (nSPS) is 11.2. The number of amides is 1. The largest absolute Gasteiger partial charge is 0.334 e. The van der Waals surface area contributed by atoms with Crippen molar-refractivity contribution < 1.29 is 4.79 Å². The molecule has 0 fully saturated rings. The Labute approximate surface area is 93.3 Å². The van der Waals surface area contributed by atoms with Crippen LogP contribution in [-0.4, -0.2) is 29.4 Å². The van der Waals surface area contributed by atoms with E-state index in [4.69, 9.17) is 5.73 Å². The molecule has 0 radical (unpaired) electrons. The van der Waals surface area contributed by atoms with Crippen LogP contribution in [0.3, 0.4) is 0 Å². The summed E-state index contributed by atoms with van der Waals surface area (Å²) < 4.78 is 0. The molecule has 0 aromatic rings. The number of carbonyl (C=O) groups excluding carboxylic acids is 1. The molecule has 0 spiro atoms. The topological polar surface area (TPSA) is 46.3 Å². The van der Waals surface area contributed by atoms with Crippen molar-refractivity contribution in [3.8, 4) is 0 Å². The van der Waals surface area contributed by atoms with Gasteiger partial charge in [0.15, 0.2) is 0 Å². The minimum absolute atomic E-state index is 0.131. The van der Waals surface area contributed by atoms with Crippen LogP contribution in [-0.2, 0) is 4.79 Å². The van der Waals surface area contributed by atoms with Crippen LogP contribution >= 0.6 is 0 Å². The van der Waals surface area contributed by atoms with Gasteiger partial charge in [-0.3, -0.25) is 4.79 Å². The van der Waals surface area contributed by atoms with Crippen molar-refractivity contribution in [2.75, 3.05) is 13.1 Å². The predicted octanol–water partition coefficient (Wildman–Crippen LogP) is 1.93. The predicted molar refractivity (Wildman–Crippen MR) is 64.6 cm³/mol. The molecule has 0 aliphatic carbocycles. The first-order valence-corrected chi connectivity index (χ1v) is 5.55. The quantitative estimate of drug-likeness (QED) is 0.540. The van der Waals surface area contributed by atoms with Crippen LogP contribution in [0.4, 0.5) is 0 Å². The van der Waals surface area contributed by atoms with Gasteiger partial charge in [0.1, 0.15) is 0 Å². The molecule has 0 aliphatic rings. The summed E-state index contributed by atoms with van der Waals surface area (Å²) in [7, 11) is 0. The molecule has 2 N–H and O–H groups in total. The number of rotatable bonds is 6. The second-order valence-corrected chi connectivity index (χ2v) is 4.71. The first-order chi connectivity index (χ1) is 6.93. The molecule has 0 saturated carbocycles. The van der Waals surface area contributed by atoms with E-state index in [-0.39, 0.29) is 11.4 Å². The van der Waals surface area contributed by atoms with Gasteiger partial charge in [-0.2, -0.15) is 0 Å². The fraction of sp³-hybridized carbons (Fsp3) is 0.750. The van der Waals surface area contributed by atoms with Crippen LogP contribution in [0, 0.1) is 0 Å². The second-order valence-electron chi connectivity index (χ2n) is 4.71. The first-order valence-electron chi connectivity index (χ1n) is 5.55. The Morgan fingerprint density at radius 3 is 2.40 bits per heavy atom. The van der Waals surface area contributed by atoms with Gasteiger partial charge in [0.2, 0.25) is 5.91 Å². The molecule has 0 aliphatic heterocycles. The standard InChI is InChI=1S/C12H24N2O/c1-5-10-14(12(2,3)4)11(15)8-6-7-9-13/h5H,1,6-10,13H2,2-4H3. The van der Waals surface area contributed by atoms with E-state index >= 15 is 0 Å². The van der Waals surface area contributed by atoms with Gasteiger partial charge in [0, 0.05) is 18.5 Å². The zero-order valence-corrected chi connectivity index (χ0v) is 10.3. The average molecular weight is 212 g/mol. The number of nitrogens with zero attached hydrogens (tertiary/aromatic N) is 1. The zero-order valence-electron chi connectivity index (χ0n) is 10.3. The van der Waals surface area contributed by atoms with E-state index in [2.05, 4.69) is 6.58 Å². The molecule has 0 rings (SSSR count). The number of nitrogens with two attached hydrogens (primary N) is 1. The Bertz CT molecular complexity index is 206. The lowest BCUT2D eigenvalue weighted by Crippen LogP contribution is -2.45. The Hall–Kier alpha value is -0.830. The minimum Gasteiger partial charge on any atom is -0.334 e. The van der Waals surface area contributed by atoms with Crippen molar-refractivity contribution in [1.82, 2.24) is 4.90 Å². The molecule has 0 unspecified atom stereocenters. The van der Waals surface area contributed by atoms with Crippen LogP contribution in [0.2, 0.25) is 0 Å². The third-order valence-electron chi connectivity index (χ3n) is 2.27. The van der Waals surface area contributed by atoms with Crippen LogP contribution in [0.25, 0.3) is 0 Å². The molecule has 0 heterocycles. The smallest absolute Gasteiger partial charge is 0.223 e. The molecular formula is C12H24N2O. The summed E-state index contributed by atoms with van der Waals surface area (Å²) in [5.74, 6) is 0.191. The fourth-order valence-electron chi connectivity index (χ4n) is 1.43. The summed E-state index contributed by atoms with van der Waals surface area (Å²) in [6, 6.07) is 0. The summed E-state index contributed by atoms with van der Waals surface area (Å²) >= 11 is 0. The highest BCUT2D eigenvalue weighted by Gasteiger charge is 2.24. The Kier molecular flexibility index (Phi) is 6.25. The molecule has 0 atom stereocenters. The van der Waals surface area contributed by atoms with Gasteiger partial charge >= 0.3 is 0 Å². The monoisotopic (exact) mass is 212 g/mol. The molecule has 1 amide bonds. The average Bonchev–Trinajstić information content (AvgIpc) is 2.12.